The van der Waals surface area contributed by atoms with E-state index in [4.69, 9.17) is 9.47 Å². The van der Waals surface area contributed by atoms with Gasteiger partial charge in [-0.25, -0.2) is 0 Å². The third-order valence-electron chi connectivity index (χ3n) is 4.80. The van der Waals surface area contributed by atoms with E-state index < -0.39 is 5.41 Å². The zero-order valence-corrected chi connectivity index (χ0v) is 18.7. The van der Waals surface area contributed by atoms with Crippen molar-refractivity contribution >= 4 is 11.9 Å². The number of nitrogens with zero attached hydrogens (tertiary/aromatic N) is 1. The van der Waals surface area contributed by atoms with Crippen LogP contribution in [0.3, 0.4) is 0 Å². The normalized spacial score (nSPS) is 11.5. The zero-order chi connectivity index (χ0) is 23.0. The number of hydrogen-bond acceptors (Lipinski definition) is 4. The number of hydrogen-bond donors (Lipinski definition) is 0. The van der Waals surface area contributed by atoms with Crippen LogP contribution in [0.4, 0.5) is 0 Å². The Morgan fingerprint density at radius 2 is 1.38 bits per heavy atom. The third kappa shape index (κ3) is 6.33. The van der Waals surface area contributed by atoms with E-state index >= 15 is 0 Å². The van der Waals surface area contributed by atoms with Crippen LogP contribution in [0.5, 0.6) is 11.5 Å². The Morgan fingerprint density at radius 3 is 1.88 bits per heavy atom. The van der Waals surface area contributed by atoms with Crippen LogP contribution in [0.2, 0.25) is 0 Å². The van der Waals surface area contributed by atoms with Gasteiger partial charge >= 0.3 is 0 Å². The smallest absolute Gasteiger partial charge is 0.178 e. The van der Waals surface area contributed by atoms with Crippen LogP contribution in [-0.2, 0) is 18.0 Å². The lowest BCUT2D eigenvalue weighted by molar-refractivity contribution is -0.121. The number of Topliss-reactive ketones (excluding diaryl/α,β-unsaturated/α-hetero) is 1. The number of allylic oxidation sites excluding steroid dienone is 1. The Balaban J connectivity index is 1.88. The molecule has 0 atom stereocenters. The van der Waals surface area contributed by atoms with Crippen molar-refractivity contribution in [3.8, 4) is 17.6 Å². The first-order valence-corrected chi connectivity index (χ1v) is 10.5. The van der Waals surface area contributed by atoms with Gasteiger partial charge in [-0.3, -0.25) is 4.79 Å². The van der Waals surface area contributed by atoms with Crippen LogP contribution in [0.25, 0.3) is 6.08 Å². The summed E-state index contributed by atoms with van der Waals surface area (Å²) in [6, 6.07) is 27.2. The highest BCUT2D eigenvalue weighted by atomic mass is 16.5. The van der Waals surface area contributed by atoms with Crippen LogP contribution in [0, 0.1) is 16.7 Å². The molecule has 3 aromatic rings. The van der Waals surface area contributed by atoms with Gasteiger partial charge in [0.2, 0.25) is 0 Å². The quantitative estimate of drug-likeness (QED) is 0.311. The van der Waals surface area contributed by atoms with Crippen molar-refractivity contribution in [2.24, 2.45) is 5.41 Å². The molecule has 0 amide bonds. The average Bonchev–Trinajstić information content (AvgIpc) is 2.80. The largest absolute Gasteiger partial charge is 0.485 e. The van der Waals surface area contributed by atoms with Crippen molar-refractivity contribution in [3.05, 3.63) is 101 Å². The van der Waals surface area contributed by atoms with Gasteiger partial charge in [0, 0.05) is 5.41 Å². The molecule has 3 aromatic carbocycles. The van der Waals surface area contributed by atoms with E-state index in [1.165, 1.54) is 0 Å². The number of carbonyl (C=O) groups excluding carboxylic acids is 1. The van der Waals surface area contributed by atoms with Gasteiger partial charge in [0.15, 0.2) is 17.3 Å². The van der Waals surface area contributed by atoms with Gasteiger partial charge in [-0.1, -0.05) is 87.5 Å². The van der Waals surface area contributed by atoms with Crippen molar-refractivity contribution in [2.75, 3.05) is 0 Å². The van der Waals surface area contributed by atoms with Gasteiger partial charge in [-0.05, 0) is 34.9 Å². The third-order valence-corrected chi connectivity index (χ3v) is 4.80. The molecule has 0 heterocycles. The highest BCUT2D eigenvalue weighted by molar-refractivity contribution is 6.06. The fraction of sp³-hybridized carbons (Fsp3) is 0.214. The fourth-order valence-corrected chi connectivity index (χ4v) is 3.04. The van der Waals surface area contributed by atoms with Crippen molar-refractivity contribution in [1.29, 1.82) is 5.26 Å². The standard InChI is InChI=1S/C28H27NO3/c1-28(2,3)27(30)24(18-29)16-23-14-15-25(31-19-21-10-6-4-7-11-21)26(17-23)32-20-22-12-8-5-9-13-22/h4-17H,19-20H2,1-3H3/b24-16+. The highest BCUT2D eigenvalue weighted by Crippen LogP contribution is 2.31. The molecular formula is C28H27NO3. The monoisotopic (exact) mass is 425 g/mol. The van der Waals surface area contributed by atoms with E-state index in [1.54, 1.807) is 32.9 Å². The topological polar surface area (TPSA) is 59.3 Å². The Bertz CT molecular complexity index is 1120. The molecule has 0 bridgehead atoms. The Hall–Kier alpha value is -3.84. The molecule has 162 valence electrons. The minimum Gasteiger partial charge on any atom is -0.485 e. The lowest BCUT2D eigenvalue weighted by Crippen LogP contribution is -2.21. The number of carbonyl (C=O) groups is 1. The molecule has 0 N–H and O–H groups in total. The van der Waals surface area contributed by atoms with Gasteiger partial charge in [-0.2, -0.15) is 5.26 Å². The maximum absolute atomic E-state index is 12.6. The van der Waals surface area contributed by atoms with Crippen LogP contribution in [0.1, 0.15) is 37.5 Å². The van der Waals surface area contributed by atoms with Crippen molar-refractivity contribution < 1.29 is 14.3 Å². The summed E-state index contributed by atoms with van der Waals surface area (Å²) in [4.78, 5) is 12.6. The van der Waals surface area contributed by atoms with Crippen LogP contribution >= 0.6 is 0 Å². The van der Waals surface area contributed by atoms with Gasteiger partial charge in [0.05, 0.1) is 5.57 Å². The summed E-state index contributed by atoms with van der Waals surface area (Å²) >= 11 is 0. The molecule has 0 radical (unpaired) electrons. The number of ketones is 1. The summed E-state index contributed by atoms with van der Waals surface area (Å²) in [7, 11) is 0. The van der Waals surface area contributed by atoms with Crippen molar-refractivity contribution in [2.45, 2.75) is 34.0 Å². The van der Waals surface area contributed by atoms with Crippen molar-refractivity contribution in [3.63, 3.8) is 0 Å². The summed E-state index contributed by atoms with van der Waals surface area (Å²) in [6.07, 6.45) is 1.60. The number of rotatable bonds is 8. The molecular weight excluding hydrogens is 398 g/mol. The summed E-state index contributed by atoms with van der Waals surface area (Å²) in [5.74, 6) is 0.956. The van der Waals surface area contributed by atoms with E-state index in [0.29, 0.717) is 30.3 Å². The molecule has 4 heteroatoms. The SMILES string of the molecule is CC(C)(C)C(=O)/C(C#N)=C/c1ccc(OCc2ccccc2)c(OCc2ccccc2)c1. The summed E-state index contributed by atoms with van der Waals surface area (Å²) in [5, 5.41) is 9.51. The molecule has 0 unspecified atom stereocenters. The lowest BCUT2D eigenvalue weighted by atomic mass is 9.86. The second-order valence-corrected chi connectivity index (χ2v) is 8.50. The zero-order valence-electron chi connectivity index (χ0n) is 18.7. The predicted molar refractivity (Wildman–Crippen MR) is 126 cm³/mol. The molecule has 3 rings (SSSR count). The van der Waals surface area contributed by atoms with Gasteiger partial charge in [-0.15, -0.1) is 0 Å². The molecule has 0 fully saturated rings. The minimum absolute atomic E-state index is 0.115. The number of ether oxygens (including phenoxy) is 2. The molecule has 32 heavy (non-hydrogen) atoms. The second-order valence-electron chi connectivity index (χ2n) is 8.50. The molecule has 0 spiro atoms. The molecule has 0 aliphatic carbocycles. The van der Waals surface area contributed by atoms with Gasteiger partial charge in [0.1, 0.15) is 19.3 Å². The van der Waals surface area contributed by atoms with E-state index in [1.807, 2.05) is 78.9 Å². The van der Waals surface area contributed by atoms with Crippen LogP contribution < -0.4 is 9.47 Å². The lowest BCUT2D eigenvalue weighted by Gasteiger charge is -2.16. The predicted octanol–water partition coefficient (Wildman–Crippen LogP) is 6.37. The molecule has 4 nitrogen and oxygen atoms in total. The highest BCUT2D eigenvalue weighted by Gasteiger charge is 2.25. The Labute approximate surface area is 189 Å². The first kappa shape index (κ1) is 22.8. The number of nitriles is 1. The fourth-order valence-electron chi connectivity index (χ4n) is 3.04. The maximum Gasteiger partial charge on any atom is 0.178 e. The van der Waals surface area contributed by atoms with Crippen LogP contribution in [0.15, 0.2) is 84.4 Å². The van der Waals surface area contributed by atoms with E-state index in [0.717, 1.165) is 11.1 Å². The molecule has 0 saturated heterocycles. The van der Waals surface area contributed by atoms with E-state index in [2.05, 4.69) is 0 Å². The first-order valence-electron chi connectivity index (χ1n) is 10.5. The van der Waals surface area contributed by atoms with Crippen molar-refractivity contribution in [1.82, 2.24) is 0 Å². The van der Waals surface area contributed by atoms with E-state index in [9.17, 15) is 10.1 Å². The summed E-state index contributed by atoms with van der Waals surface area (Å²) < 4.78 is 12.1. The Morgan fingerprint density at radius 1 is 0.844 bits per heavy atom. The van der Waals surface area contributed by atoms with Crippen LogP contribution in [-0.4, -0.2) is 5.78 Å². The summed E-state index contributed by atoms with van der Waals surface area (Å²) in [6.45, 7) is 6.19. The molecule has 0 aliphatic rings. The minimum atomic E-state index is -0.632. The van der Waals surface area contributed by atoms with Gasteiger partial charge in [0.25, 0.3) is 0 Å². The van der Waals surface area contributed by atoms with E-state index in [-0.39, 0.29) is 11.4 Å². The average molecular weight is 426 g/mol. The molecule has 0 saturated carbocycles. The maximum atomic E-state index is 12.6. The second kappa shape index (κ2) is 10.5. The van der Waals surface area contributed by atoms with Gasteiger partial charge < -0.3 is 9.47 Å². The Kier molecular flexibility index (Phi) is 7.46. The molecule has 0 aromatic heterocycles. The summed E-state index contributed by atoms with van der Waals surface area (Å²) in [5.41, 5.74) is 2.27. The first-order chi connectivity index (χ1) is 15.4. The number of benzene rings is 3. The molecule has 0 aliphatic heterocycles.